The van der Waals surface area contributed by atoms with Gasteiger partial charge in [0.15, 0.2) is 8.32 Å². The zero-order valence-electron chi connectivity index (χ0n) is 10.1. The van der Waals surface area contributed by atoms with Crippen molar-refractivity contribution in [3.05, 3.63) is 0 Å². The molecule has 0 aromatic heterocycles. The maximum atomic E-state index is 9.27. The first-order valence-electron chi connectivity index (χ1n) is 5.23. The van der Waals surface area contributed by atoms with Crippen molar-refractivity contribution in [3.63, 3.8) is 0 Å². The fourth-order valence-corrected chi connectivity index (χ4v) is 1.85. The van der Waals surface area contributed by atoms with Crippen LogP contribution in [0.25, 0.3) is 0 Å². The smallest absolute Gasteiger partial charge is 0.191 e. The molecule has 0 saturated carbocycles. The van der Waals surface area contributed by atoms with Crippen molar-refractivity contribution in [3.8, 4) is 0 Å². The number of rotatable bonds is 5. The zero-order chi connectivity index (χ0) is 11.4. The van der Waals surface area contributed by atoms with Crippen LogP contribution >= 0.6 is 0 Å². The number of hydrogen-bond donors (Lipinski definition) is 2. The van der Waals surface area contributed by atoms with Crippen molar-refractivity contribution in [2.75, 3.05) is 13.2 Å². The van der Waals surface area contributed by atoms with Gasteiger partial charge in [-0.25, -0.2) is 0 Å². The Bertz CT molecular complexity index is 166. The lowest BCUT2D eigenvalue weighted by atomic mass is 10.2. The molecule has 0 rings (SSSR count). The summed E-state index contributed by atoms with van der Waals surface area (Å²) in [4.78, 5) is 0. The van der Waals surface area contributed by atoms with E-state index in [1.807, 2.05) is 0 Å². The van der Waals surface area contributed by atoms with Crippen molar-refractivity contribution in [1.82, 2.24) is 0 Å². The third-order valence-corrected chi connectivity index (χ3v) is 7.53. The Morgan fingerprint density at radius 2 is 1.86 bits per heavy atom. The molecule has 0 heterocycles. The molecular formula is C10H25NO2Si. The molecule has 0 bridgehead atoms. The lowest BCUT2D eigenvalue weighted by molar-refractivity contribution is 0.141. The van der Waals surface area contributed by atoms with Crippen LogP contribution in [0.4, 0.5) is 0 Å². The molecule has 0 aromatic rings. The largest absolute Gasteiger partial charge is 0.417 e. The first-order chi connectivity index (χ1) is 6.20. The van der Waals surface area contributed by atoms with E-state index in [9.17, 15) is 5.11 Å². The summed E-state index contributed by atoms with van der Waals surface area (Å²) in [5.74, 6) is 0. The van der Waals surface area contributed by atoms with Gasteiger partial charge in [0.05, 0.1) is 6.10 Å². The van der Waals surface area contributed by atoms with E-state index in [1.54, 1.807) is 0 Å². The van der Waals surface area contributed by atoms with Crippen molar-refractivity contribution in [2.45, 2.75) is 51.4 Å². The summed E-state index contributed by atoms with van der Waals surface area (Å²) in [6.45, 7) is 12.0. The first-order valence-corrected chi connectivity index (χ1v) is 8.13. The summed E-state index contributed by atoms with van der Waals surface area (Å²) in [6.07, 6.45) is 0.225. The molecule has 0 aromatic carbocycles. The highest BCUT2D eigenvalue weighted by molar-refractivity contribution is 6.74. The molecule has 3 N–H and O–H groups in total. The molecule has 1 atom stereocenters. The predicted octanol–water partition coefficient (Wildman–Crippen LogP) is 1.72. The second kappa shape index (κ2) is 5.26. The van der Waals surface area contributed by atoms with E-state index < -0.39 is 14.4 Å². The van der Waals surface area contributed by atoms with Crippen LogP contribution in [0.3, 0.4) is 0 Å². The topological polar surface area (TPSA) is 55.5 Å². The van der Waals surface area contributed by atoms with Gasteiger partial charge >= 0.3 is 0 Å². The SMILES string of the molecule is CC(C)(C)[Si](C)(C)OCC[C@@H](O)CN. The highest BCUT2D eigenvalue weighted by Gasteiger charge is 2.36. The maximum Gasteiger partial charge on any atom is 0.191 e. The van der Waals surface area contributed by atoms with E-state index in [1.165, 1.54) is 0 Å². The Morgan fingerprint density at radius 3 is 2.21 bits per heavy atom. The van der Waals surface area contributed by atoms with Gasteiger partial charge in [0.2, 0.25) is 0 Å². The van der Waals surface area contributed by atoms with E-state index in [2.05, 4.69) is 33.9 Å². The third-order valence-electron chi connectivity index (χ3n) is 2.99. The van der Waals surface area contributed by atoms with Gasteiger partial charge < -0.3 is 15.3 Å². The molecule has 0 fully saturated rings. The van der Waals surface area contributed by atoms with Crippen molar-refractivity contribution in [2.24, 2.45) is 5.73 Å². The fraction of sp³-hybridized carbons (Fsp3) is 1.00. The normalized spacial score (nSPS) is 15.6. The van der Waals surface area contributed by atoms with Crippen LogP contribution in [0.2, 0.25) is 18.1 Å². The Kier molecular flexibility index (Phi) is 5.29. The average Bonchev–Trinajstić information content (AvgIpc) is 2.01. The quantitative estimate of drug-likeness (QED) is 0.692. The lowest BCUT2D eigenvalue weighted by Crippen LogP contribution is -2.41. The van der Waals surface area contributed by atoms with Crippen LogP contribution in [0, 0.1) is 0 Å². The Hall–Kier alpha value is 0.0969. The number of aliphatic hydroxyl groups excluding tert-OH is 1. The van der Waals surface area contributed by atoms with Crippen LogP contribution < -0.4 is 5.73 Å². The molecule has 0 amide bonds. The molecule has 0 spiro atoms. The van der Waals surface area contributed by atoms with Crippen LogP contribution in [0.5, 0.6) is 0 Å². The van der Waals surface area contributed by atoms with Gasteiger partial charge in [-0.05, 0) is 24.6 Å². The average molecular weight is 219 g/mol. The van der Waals surface area contributed by atoms with E-state index in [0.29, 0.717) is 19.6 Å². The molecule has 0 unspecified atom stereocenters. The van der Waals surface area contributed by atoms with Crippen molar-refractivity contribution in [1.29, 1.82) is 0 Å². The van der Waals surface area contributed by atoms with Gasteiger partial charge in [-0.15, -0.1) is 0 Å². The highest BCUT2D eigenvalue weighted by atomic mass is 28.4. The Morgan fingerprint density at radius 1 is 1.36 bits per heavy atom. The monoisotopic (exact) mass is 219 g/mol. The molecule has 4 heteroatoms. The van der Waals surface area contributed by atoms with E-state index >= 15 is 0 Å². The van der Waals surface area contributed by atoms with Crippen LogP contribution in [0.1, 0.15) is 27.2 Å². The molecule has 0 aliphatic heterocycles. The van der Waals surface area contributed by atoms with Gasteiger partial charge in [0, 0.05) is 13.2 Å². The maximum absolute atomic E-state index is 9.27. The van der Waals surface area contributed by atoms with Gasteiger partial charge in [-0.1, -0.05) is 20.8 Å². The summed E-state index contributed by atoms with van der Waals surface area (Å²) in [6, 6.07) is 0. The van der Waals surface area contributed by atoms with Gasteiger partial charge in [-0.3, -0.25) is 0 Å². The van der Waals surface area contributed by atoms with Crippen LogP contribution in [-0.2, 0) is 4.43 Å². The summed E-state index contributed by atoms with van der Waals surface area (Å²) in [5.41, 5.74) is 5.31. The molecule has 3 nitrogen and oxygen atoms in total. The van der Waals surface area contributed by atoms with E-state index in [4.69, 9.17) is 10.2 Å². The second-order valence-corrected chi connectivity index (χ2v) is 10.1. The molecule has 0 aliphatic rings. The summed E-state index contributed by atoms with van der Waals surface area (Å²) in [7, 11) is -1.64. The van der Waals surface area contributed by atoms with Gasteiger partial charge in [0.1, 0.15) is 0 Å². The second-order valence-electron chi connectivity index (χ2n) is 5.29. The Labute approximate surface area is 88.8 Å². The summed E-state index contributed by atoms with van der Waals surface area (Å²) in [5, 5.41) is 9.50. The van der Waals surface area contributed by atoms with Gasteiger partial charge in [0.25, 0.3) is 0 Å². The van der Waals surface area contributed by atoms with Gasteiger partial charge in [-0.2, -0.15) is 0 Å². The highest BCUT2D eigenvalue weighted by Crippen LogP contribution is 2.36. The first kappa shape index (κ1) is 14.1. The minimum Gasteiger partial charge on any atom is -0.417 e. The minimum atomic E-state index is -1.64. The molecule has 0 saturated heterocycles. The standard InChI is InChI=1S/C10H25NO2Si/c1-10(2,3)14(4,5)13-7-6-9(12)8-11/h9,12H,6-8,11H2,1-5H3/t9-/m1/s1. The number of hydrogen-bond acceptors (Lipinski definition) is 3. The molecule has 14 heavy (non-hydrogen) atoms. The number of aliphatic hydroxyl groups is 1. The minimum absolute atomic E-state index is 0.237. The Balaban J connectivity index is 3.89. The summed E-state index contributed by atoms with van der Waals surface area (Å²) >= 11 is 0. The van der Waals surface area contributed by atoms with Crippen LogP contribution in [-0.4, -0.2) is 32.7 Å². The molecule has 86 valence electrons. The molecule has 0 radical (unpaired) electrons. The predicted molar refractivity (Wildman–Crippen MR) is 62.8 cm³/mol. The van der Waals surface area contributed by atoms with E-state index in [0.717, 1.165) is 0 Å². The molecular weight excluding hydrogens is 194 g/mol. The van der Waals surface area contributed by atoms with Crippen molar-refractivity contribution < 1.29 is 9.53 Å². The van der Waals surface area contributed by atoms with Crippen molar-refractivity contribution >= 4 is 8.32 Å². The summed E-state index contributed by atoms with van der Waals surface area (Å²) < 4.78 is 5.89. The van der Waals surface area contributed by atoms with Crippen LogP contribution in [0.15, 0.2) is 0 Å². The molecule has 0 aliphatic carbocycles. The fourth-order valence-electron chi connectivity index (χ4n) is 0.784. The number of nitrogens with two attached hydrogens (primary N) is 1. The van der Waals surface area contributed by atoms with E-state index in [-0.39, 0.29) is 5.04 Å². The third kappa shape index (κ3) is 4.55. The zero-order valence-corrected chi connectivity index (χ0v) is 11.1. The lowest BCUT2D eigenvalue weighted by Gasteiger charge is -2.36.